The molecular weight excluding hydrogens is 238 g/mol. The monoisotopic (exact) mass is 257 g/mol. The molecule has 0 fully saturated rings. The molecule has 2 aromatic rings. The van der Waals surface area contributed by atoms with Crippen LogP contribution in [-0.2, 0) is 0 Å². The van der Waals surface area contributed by atoms with E-state index in [9.17, 15) is 0 Å². The number of benzene rings is 1. The van der Waals surface area contributed by atoms with Crippen LogP contribution in [0.3, 0.4) is 0 Å². The fraction of sp³-hybridized carbons (Fsp3) is 0.286. The lowest BCUT2D eigenvalue weighted by Gasteiger charge is -2.11. The Morgan fingerprint density at radius 2 is 1.79 bits per heavy atom. The molecule has 4 N–H and O–H groups in total. The van der Waals surface area contributed by atoms with Crippen molar-refractivity contribution in [3.63, 3.8) is 0 Å². The van der Waals surface area contributed by atoms with E-state index in [2.05, 4.69) is 34.6 Å². The standard InChI is InChI=1S/C14H19N5/c1-10(2)9-16-12-8-13(19-15)18-14(17-12)11-6-4-3-5-7-11/h3-8,10H,9,15H2,1-2H3,(H2,16,17,18,19). The van der Waals surface area contributed by atoms with E-state index in [0.717, 1.165) is 17.9 Å². The Hall–Kier alpha value is -2.14. The molecule has 0 aliphatic carbocycles. The van der Waals surface area contributed by atoms with Gasteiger partial charge in [0.05, 0.1) is 0 Å². The Labute approximate surface area is 113 Å². The van der Waals surface area contributed by atoms with Crippen LogP contribution in [0.2, 0.25) is 0 Å². The second-order valence-corrected chi connectivity index (χ2v) is 4.75. The molecular formula is C14H19N5. The molecule has 2 rings (SSSR count). The highest BCUT2D eigenvalue weighted by Gasteiger charge is 2.06. The van der Waals surface area contributed by atoms with E-state index >= 15 is 0 Å². The maximum Gasteiger partial charge on any atom is 0.163 e. The average Bonchev–Trinajstić information content (AvgIpc) is 2.45. The van der Waals surface area contributed by atoms with Gasteiger partial charge in [0, 0.05) is 18.2 Å². The number of nitrogen functional groups attached to an aromatic ring is 1. The van der Waals surface area contributed by atoms with Crippen LogP contribution in [0, 0.1) is 5.92 Å². The van der Waals surface area contributed by atoms with E-state index in [0.29, 0.717) is 17.6 Å². The number of nitrogens with zero attached hydrogens (tertiary/aromatic N) is 2. The summed E-state index contributed by atoms with van der Waals surface area (Å²) in [7, 11) is 0. The van der Waals surface area contributed by atoms with Gasteiger partial charge >= 0.3 is 0 Å². The van der Waals surface area contributed by atoms with Crippen LogP contribution >= 0.6 is 0 Å². The van der Waals surface area contributed by atoms with Crippen molar-refractivity contribution >= 4 is 11.6 Å². The van der Waals surface area contributed by atoms with Crippen LogP contribution in [0.4, 0.5) is 11.6 Å². The molecule has 0 aliphatic rings. The topological polar surface area (TPSA) is 75.9 Å². The van der Waals surface area contributed by atoms with Gasteiger partial charge in [-0.2, -0.15) is 0 Å². The van der Waals surface area contributed by atoms with Crippen molar-refractivity contribution in [3.05, 3.63) is 36.4 Å². The molecule has 0 unspecified atom stereocenters. The predicted molar refractivity (Wildman–Crippen MR) is 78.6 cm³/mol. The molecule has 0 bridgehead atoms. The molecule has 0 saturated heterocycles. The minimum Gasteiger partial charge on any atom is -0.370 e. The predicted octanol–water partition coefficient (Wildman–Crippen LogP) is 2.50. The third-order valence-corrected chi connectivity index (χ3v) is 2.60. The fourth-order valence-corrected chi connectivity index (χ4v) is 1.64. The van der Waals surface area contributed by atoms with Gasteiger partial charge < -0.3 is 10.7 Å². The lowest BCUT2D eigenvalue weighted by molar-refractivity contribution is 0.687. The normalized spacial score (nSPS) is 10.5. The molecule has 0 aliphatic heterocycles. The van der Waals surface area contributed by atoms with Crippen molar-refractivity contribution in [1.29, 1.82) is 0 Å². The van der Waals surface area contributed by atoms with Gasteiger partial charge in [-0.25, -0.2) is 15.8 Å². The maximum atomic E-state index is 5.45. The second kappa shape index (κ2) is 6.15. The van der Waals surface area contributed by atoms with E-state index in [1.165, 1.54) is 0 Å². The lowest BCUT2D eigenvalue weighted by atomic mass is 10.2. The molecule has 100 valence electrons. The lowest BCUT2D eigenvalue weighted by Crippen LogP contribution is -2.13. The van der Waals surface area contributed by atoms with Crippen molar-refractivity contribution in [2.45, 2.75) is 13.8 Å². The molecule has 0 saturated carbocycles. The van der Waals surface area contributed by atoms with E-state index in [-0.39, 0.29) is 0 Å². The first-order chi connectivity index (χ1) is 9.19. The highest BCUT2D eigenvalue weighted by molar-refractivity contribution is 5.60. The molecule has 0 atom stereocenters. The van der Waals surface area contributed by atoms with Crippen molar-refractivity contribution in [2.75, 3.05) is 17.3 Å². The Bertz CT molecular complexity index is 525. The summed E-state index contributed by atoms with van der Waals surface area (Å²) in [4.78, 5) is 8.87. The van der Waals surface area contributed by atoms with Crippen molar-refractivity contribution in [3.8, 4) is 11.4 Å². The second-order valence-electron chi connectivity index (χ2n) is 4.75. The third-order valence-electron chi connectivity index (χ3n) is 2.60. The zero-order valence-electron chi connectivity index (χ0n) is 11.2. The summed E-state index contributed by atoms with van der Waals surface area (Å²) < 4.78 is 0. The van der Waals surface area contributed by atoms with Crippen LogP contribution in [0.25, 0.3) is 11.4 Å². The van der Waals surface area contributed by atoms with Crippen LogP contribution < -0.4 is 16.6 Å². The van der Waals surface area contributed by atoms with Gasteiger partial charge in [-0.05, 0) is 5.92 Å². The summed E-state index contributed by atoms with van der Waals surface area (Å²) >= 11 is 0. The van der Waals surface area contributed by atoms with E-state index < -0.39 is 0 Å². The first-order valence-corrected chi connectivity index (χ1v) is 6.34. The van der Waals surface area contributed by atoms with Crippen LogP contribution in [-0.4, -0.2) is 16.5 Å². The molecule has 0 spiro atoms. The average molecular weight is 257 g/mol. The number of hydrazine groups is 1. The van der Waals surface area contributed by atoms with Gasteiger partial charge in [0.15, 0.2) is 5.82 Å². The summed E-state index contributed by atoms with van der Waals surface area (Å²) in [6.45, 7) is 5.15. The summed E-state index contributed by atoms with van der Waals surface area (Å²) in [6.07, 6.45) is 0. The summed E-state index contributed by atoms with van der Waals surface area (Å²) in [5.74, 6) is 8.03. The van der Waals surface area contributed by atoms with Crippen LogP contribution in [0.1, 0.15) is 13.8 Å². The summed E-state index contributed by atoms with van der Waals surface area (Å²) in [5, 5.41) is 3.28. The molecule has 1 aromatic carbocycles. The van der Waals surface area contributed by atoms with Crippen molar-refractivity contribution in [1.82, 2.24) is 9.97 Å². The summed E-state index contributed by atoms with van der Waals surface area (Å²) in [5.41, 5.74) is 3.54. The molecule has 19 heavy (non-hydrogen) atoms. The number of nitrogens with two attached hydrogens (primary N) is 1. The number of aromatic nitrogens is 2. The first-order valence-electron chi connectivity index (χ1n) is 6.34. The highest BCUT2D eigenvalue weighted by Crippen LogP contribution is 2.19. The Morgan fingerprint density at radius 1 is 1.11 bits per heavy atom. The van der Waals surface area contributed by atoms with Gasteiger partial charge in [-0.1, -0.05) is 44.2 Å². The summed E-state index contributed by atoms with van der Waals surface area (Å²) in [6, 6.07) is 11.6. The van der Waals surface area contributed by atoms with Gasteiger partial charge in [-0.3, -0.25) is 0 Å². The number of hydrogen-bond acceptors (Lipinski definition) is 5. The Balaban J connectivity index is 2.31. The van der Waals surface area contributed by atoms with E-state index in [1.54, 1.807) is 6.07 Å². The molecule has 1 aromatic heterocycles. The van der Waals surface area contributed by atoms with Gasteiger partial charge in [0.25, 0.3) is 0 Å². The van der Waals surface area contributed by atoms with Crippen molar-refractivity contribution < 1.29 is 0 Å². The fourth-order valence-electron chi connectivity index (χ4n) is 1.64. The van der Waals surface area contributed by atoms with Crippen molar-refractivity contribution in [2.24, 2.45) is 11.8 Å². The first kappa shape index (κ1) is 13.3. The zero-order valence-corrected chi connectivity index (χ0v) is 11.2. The van der Waals surface area contributed by atoms with Crippen LogP contribution in [0.5, 0.6) is 0 Å². The van der Waals surface area contributed by atoms with Gasteiger partial charge in [0.1, 0.15) is 11.6 Å². The third kappa shape index (κ3) is 3.66. The van der Waals surface area contributed by atoms with Gasteiger partial charge in [-0.15, -0.1) is 0 Å². The molecule has 0 radical (unpaired) electrons. The molecule has 5 nitrogen and oxygen atoms in total. The number of nitrogens with one attached hydrogen (secondary N) is 2. The number of rotatable bonds is 5. The Kier molecular flexibility index (Phi) is 4.30. The number of hydrogen-bond donors (Lipinski definition) is 3. The minimum absolute atomic E-state index is 0.546. The van der Waals surface area contributed by atoms with Crippen LogP contribution in [0.15, 0.2) is 36.4 Å². The zero-order chi connectivity index (χ0) is 13.7. The van der Waals surface area contributed by atoms with Gasteiger partial charge in [0.2, 0.25) is 0 Å². The van der Waals surface area contributed by atoms with E-state index in [4.69, 9.17) is 5.84 Å². The smallest absolute Gasteiger partial charge is 0.163 e. The largest absolute Gasteiger partial charge is 0.370 e. The molecule has 5 heteroatoms. The maximum absolute atomic E-state index is 5.45. The molecule has 1 heterocycles. The SMILES string of the molecule is CC(C)CNc1cc(NN)nc(-c2ccccc2)n1. The number of anilines is 2. The minimum atomic E-state index is 0.546. The Morgan fingerprint density at radius 3 is 2.42 bits per heavy atom. The quantitative estimate of drug-likeness (QED) is 0.567. The van der Waals surface area contributed by atoms with E-state index in [1.807, 2.05) is 30.3 Å². The molecule has 0 amide bonds. The highest BCUT2D eigenvalue weighted by atomic mass is 15.3.